The molecule has 0 bridgehead atoms. The number of likely N-dealkylation sites (tertiary alicyclic amines) is 1. The Kier molecular flexibility index (Phi) is 3.85. The van der Waals surface area contributed by atoms with Crippen LogP contribution in [-0.4, -0.2) is 36.0 Å². The maximum Gasteiger partial charge on any atom is 0.253 e. The molecule has 0 radical (unpaired) electrons. The summed E-state index contributed by atoms with van der Waals surface area (Å²) < 4.78 is 0. The molecule has 1 saturated heterocycles. The minimum absolute atomic E-state index is 0.0935. The predicted molar refractivity (Wildman–Crippen MR) is 80.9 cm³/mol. The van der Waals surface area contributed by atoms with Gasteiger partial charge in [0, 0.05) is 35.9 Å². The lowest BCUT2D eigenvalue weighted by atomic mass is 10.0. The van der Waals surface area contributed by atoms with Gasteiger partial charge in [0.15, 0.2) is 0 Å². The van der Waals surface area contributed by atoms with Crippen LogP contribution < -0.4 is 11.1 Å². The zero-order valence-corrected chi connectivity index (χ0v) is 12.2. The highest BCUT2D eigenvalue weighted by Gasteiger charge is 2.32. The van der Waals surface area contributed by atoms with Gasteiger partial charge >= 0.3 is 0 Å². The largest absolute Gasteiger partial charge is 0.398 e. The second-order valence-electron chi connectivity index (χ2n) is 5.75. The molecule has 1 aromatic carbocycles. The summed E-state index contributed by atoms with van der Waals surface area (Å²) in [5, 5.41) is 3.64. The molecule has 0 unspecified atom stereocenters. The number of benzene rings is 1. The van der Waals surface area contributed by atoms with Gasteiger partial charge in [0.25, 0.3) is 5.91 Å². The van der Waals surface area contributed by atoms with E-state index >= 15 is 0 Å². The Morgan fingerprint density at radius 2 is 1.95 bits per heavy atom. The highest BCUT2D eigenvalue weighted by molar-refractivity contribution is 6.31. The lowest BCUT2D eigenvalue weighted by Gasteiger charge is -2.32. The summed E-state index contributed by atoms with van der Waals surface area (Å²) in [4.78, 5) is 14.8. The van der Waals surface area contributed by atoms with E-state index in [0.717, 1.165) is 32.0 Å². The van der Waals surface area contributed by atoms with Crippen LogP contribution in [0.3, 0.4) is 0 Å². The molecule has 5 heteroatoms. The molecule has 0 atom stereocenters. The molecule has 4 nitrogen and oxygen atoms in total. The number of carbonyl (C=O) groups is 1. The fraction of sp³-hybridized carbons (Fsp3) is 0.533. The maximum atomic E-state index is 12.2. The van der Waals surface area contributed by atoms with Crippen molar-refractivity contribution >= 4 is 23.2 Å². The number of nitrogens with zero attached hydrogens (tertiary/aromatic N) is 1. The van der Waals surface area contributed by atoms with Gasteiger partial charge in [-0.3, -0.25) is 4.79 Å². The van der Waals surface area contributed by atoms with E-state index in [1.807, 2.05) is 0 Å². The first-order valence-electron chi connectivity index (χ1n) is 7.23. The van der Waals surface area contributed by atoms with Crippen molar-refractivity contribution in [3.05, 3.63) is 28.8 Å². The molecule has 1 heterocycles. The number of halogens is 1. The van der Waals surface area contributed by atoms with Gasteiger partial charge in [-0.15, -0.1) is 0 Å². The van der Waals surface area contributed by atoms with Crippen LogP contribution in [0.15, 0.2) is 18.2 Å². The Morgan fingerprint density at radius 1 is 1.25 bits per heavy atom. The summed E-state index contributed by atoms with van der Waals surface area (Å²) in [7, 11) is 0. The highest BCUT2D eigenvalue weighted by Crippen LogP contribution is 2.29. The SMILES string of the molecule is Nc1cc(Cl)ccc1C(=O)NC1CCN(C2CC2)CC1. The molecule has 1 aliphatic carbocycles. The summed E-state index contributed by atoms with van der Waals surface area (Å²) in [6.45, 7) is 2.18. The summed E-state index contributed by atoms with van der Waals surface area (Å²) >= 11 is 5.85. The molecule has 1 aliphatic heterocycles. The first-order valence-corrected chi connectivity index (χ1v) is 7.61. The van der Waals surface area contributed by atoms with Crippen LogP contribution in [0.4, 0.5) is 5.69 Å². The number of nitrogens with two attached hydrogens (primary N) is 1. The van der Waals surface area contributed by atoms with Gasteiger partial charge in [-0.05, 0) is 43.9 Å². The molecule has 20 heavy (non-hydrogen) atoms. The van der Waals surface area contributed by atoms with Crippen molar-refractivity contribution in [3.63, 3.8) is 0 Å². The second kappa shape index (κ2) is 5.62. The van der Waals surface area contributed by atoms with E-state index in [4.69, 9.17) is 17.3 Å². The second-order valence-corrected chi connectivity index (χ2v) is 6.18. The Labute approximate surface area is 124 Å². The smallest absolute Gasteiger partial charge is 0.253 e. The standard InChI is InChI=1S/C15H20ClN3O/c16-10-1-4-13(14(17)9-10)15(20)18-11-5-7-19(8-6-11)12-2-3-12/h1,4,9,11-12H,2-3,5-8,17H2,(H,18,20). The number of nitrogens with one attached hydrogen (secondary N) is 1. The van der Waals surface area contributed by atoms with Crippen molar-refractivity contribution in [2.45, 2.75) is 37.8 Å². The minimum Gasteiger partial charge on any atom is -0.398 e. The van der Waals surface area contributed by atoms with Gasteiger partial charge in [-0.2, -0.15) is 0 Å². The number of piperidine rings is 1. The van der Waals surface area contributed by atoms with Crippen LogP contribution in [0.1, 0.15) is 36.0 Å². The topological polar surface area (TPSA) is 58.4 Å². The van der Waals surface area contributed by atoms with Crippen LogP contribution in [-0.2, 0) is 0 Å². The summed E-state index contributed by atoms with van der Waals surface area (Å²) in [6, 6.07) is 6.08. The molecular weight excluding hydrogens is 274 g/mol. The van der Waals surface area contributed by atoms with Crippen molar-refractivity contribution in [2.24, 2.45) is 0 Å². The van der Waals surface area contributed by atoms with Gasteiger partial charge in [-0.25, -0.2) is 0 Å². The molecule has 108 valence electrons. The monoisotopic (exact) mass is 293 g/mol. The molecular formula is C15H20ClN3O. The van der Waals surface area contributed by atoms with E-state index in [2.05, 4.69) is 10.2 Å². The van der Waals surface area contributed by atoms with Gasteiger partial charge in [-0.1, -0.05) is 11.6 Å². The average Bonchev–Trinajstić information content (AvgIpc) is 3.23. The van der Waals surface area contributed by atoms with Crippen molar-refractivity contribution < 1.29 is 4.79 Å². The lowest BCUT2D eigenvalue weighted by Crippen LogP contribution is -2.45. The molecule has 1 saturated carbocycles. The number of rotatable bonds is 3. The first-order chi connectivity index (χ1) is 9.63. The van der Waals surface area contributed by atoms with Gasteiger partial charge < -0.3 is 16.0 Å². The Morgan fingerprint density at radius 3 is 2.55 bits per heavy atom. The third kappa shape index (κ3) is 3.07. The van der Waals surface area contributed by atoms with E-state index in [1.165, 1.54) is 12.8 Å². The molecule has 0 aromatic heterocycles. The molecule has 2 fully saturated rings. The van der Waals surface area contributed by atoms with E-state index in [9.17, 15) is 4.79 Å². The molecule has 1 aromatic rings. The zero-order chi connectivity index (χ0) is 14.1. The molecule has 0 spiro atoms. The molecule has 2 aliphatic rings. The van der Waals surface area contributed by atoms with Crippen LogP contribution in [0.25, 0.3) is 0 Å². The molecule has 3 N–H and O–H groups in total. The van der Waals surface area contributed by atoms with Crippen molar-refractivity contribution in [3.8, 4) is 0 Å². The van der Waals surface area contributed by atoms with Crippen molar-refractivity contribution in [2.75, 3.05) is 18.8 Å². The fourth-order valence-electron chi connectivity index (χ4n) is 2.85. The lowest BCUT2D eigenvalue weighted by molar-refractivity contribution is 0.0910. The summed E-state index contributed by atoms with van der Waals surface area (Å²) in [5.41, 5.74) is 6.79. The summed E-state index contributed by atoms with van der Waals surface area (Å²) in [6.07, 6.45) is 4.74. The van der Waals surface area contributed by atoms with Crippen LogP contribution in [0, 0.1) is 0 Å². The highest BCUT2D eigenvalue weighted by atomic mass is 35.5. The number of hydrogen-bond donors (Lipinski definition) is 2. The van der Waals surface area contributed by atoms with E-state index < -0.39 is 0 Å². The first kappa shape index (κ1) is 13.7. The van der Waals surface area contributed by atoms with E-state index in [0.29, 0.717) is 16.3 Å². The van der Waals surface area contributed by atoms with Crippen LogP contribution in [0.5, 0.6) is 0 Å². The van der Waals surface area contributed by atoms with Gasteiger partial charge in [0.2, 0.25) is 0 Å². The Bertz CT molecular complexity index is 508. The third-order valence-electron chi connectivity index (χ3n) is 4.19. The number of anilines is 1. The normalized spacial score (nSPS) is 20.9. The quantitative estimate of drug-likeness (QED) is 0.841. The molecule has 3 rings (SSSR count). The van der Waals surface area contributed by atoms with Crippen molar-refractivity contribution in [1.82, 2.24) is 10.2 Å². The minimum atomic E-state index is -0.0935. The fourth-order valence-corrected chi connectivity index (χ4v) is 3.03. The van der Waals surface area contributed by atoms with Crippen molar-refractivity contribution in [1.29, 1.82) is 0 Å². The maximum absolute atomic E-state index is 12.2. The van der Waals surface area contributed by atoms with Crippen LogP contribution >= 0.6 is 11.6 Å². The number of nitrogen functional groups attached to an aromatic ring is 1. The average molecular weight is 294 g/mol. The Balaban J connectivity index is 1.56. The number of hydrogen-bond acceptors (Lipinski definition) is 3. The van der Waals surface area contributed by atoms with E-state index in [-0.39, 0.29) is 11.9 Å². The zero-order valence-electron chi connectivity index (χ0n) is 11.4. The van der Waals surface area contributed by atoms with Gasteiger partial charge in [0.05, 0.1) is 5.56 Å². The van der Waals surface area contributed by atoms with Crippen LogP contribution in [0.2, 0.25) is 5.02 Å². The predicted octanol–water partition coefficient (Wildman–Crippen LogP) is 2.28. The molecule has 1 amide bonds. The number of amides is 1. The third-order valence-corrected chi connectivity index (χ3v) is 4.42. The number of carbonyl (C=O) groups excluding carboxylic acids is 1. The summed E-state index contributed by atoms with van der Waals surface area (Å²) in [5.74, 6) is -0.0935. The Hall–Kier alpha value is -1.26. The van der Waals surface area contributed by atoms with Gasteiger partial charge in [0.1, 0.15) is 0 Å². The van der Waals surface area contributed by atoms with E-state index in [1.54, 1.807) is 18.2 Å².